The number of carbonyl (C=O) groups excluding carboxylic acids is 1. The largest absolute Gasteiger partial charge is 0.433 e. The first-order valence-electron chi connectivity index (χ1n) is 5.42. The van der Waals surface area contributed by atoms with Crippen LogP contribution in [0.3, 0.4) is 0 Å². The van der Waals surface area contributed by atoms with Gasteiger partial charge in [-0.1, -0.05) is 20.8 Å². The Morgan fingerprint density at radius 2 is 2.00 bits per heavy atom. The SMILES string of the molecule is CC(C)(C)[C@@H]1OC(=O)[C@H](CCCCO)O1. The quantitative estimate of drug-likeness (QED) is 0.571. The molecular formula is C11H20O4. The Hall–Kier alpha value is -0.610. The van der Waals surface area contributed by atoms with Crippen molar-refractivity contribution in [1.82, 2.24) is 0 Å². The molecule has 0 saturated carbocycles. The van der Waals surface area contributed by atoms with Gasteiger partial charge in [0.25, 0.3) is 0 Å². The predicted octanol–water partition coefficient (Wildman–Crippen LogP) is 1.46. The summed E-state index contributed by atoms with van der Waals surface area (Å²) in [5, 5.41) is 8.63. The number of esters is 1. The van der Waals surface area contributed by atoms with Gasteiger partial charge in [0.15, 0.2) is 6.10 Å². The van der Waals surface area contributed by atoms with Crippen molar-refractivity contribution >= 4 is 5.97 Å². The molecule has 88 valence electrons. The molecule has 1 fully saturated rings. The standard InChI is InChI=1S/C11H20O4/c1-11(2,3)10-14-8(9(13)15-10)6-4-5-7-12/h8,10,12H,4-7H2,1-3H3/t8-,10-/m0/s1. The van der Waals surface area contributed by atoms with E-state index in [1.54, 1.807) is 0 Å². The molecule has 0 spiro atoms. The molecule has 0 aliphatic carbocycles. The van der Waals surface area contributed by atoms with Gasteiger partial charge in [-0.2, -0.15) is 0 Å². The number of hydrogen-bond donors (Lipinski definition) is 1. The minimum atomic E-state index is -0.444. The van der Waals surface area contributed by atoms with Crippen LogP contribution in [0.2, 0.25) is 0 Å². The molecule has 0 bridgehead atoms. The second-order valence-electron chi connectivity index (χ2n) is 4.98. The van der Waals surface area contributed by atoms with Gasteiger partial charge in [-0.05, 0) is 19.3 Å². The van der Waals surface area contributed by atoms with Gasteiger partial charge in [0, 0.05) is 12.0 Å². The van der Waals surface area contributed by atoms with Crippen LogP contribution >= 0.6 is 0 Å². The first-order chi connectivity index (χ1) is 6.95. The van der Waals surface area contributed by atoms with E-state index in [1.165, 1.54) is 0 Å². The number of aliphatic hydroxyl groups excluding tert-OH is 1. The highest BCUT2D eigenvalue weighted by Crippen LogP contribution is 2.30. The van der Waals surface area contributed by atoms with Gasteiger partial charge in [-0.25, -0.2) is 4.79 Å². The van der Waals surface area contributed by atoms with Crippen molar-refractivity contribution in [2.75, 3.05) is 6.61 Å². The Morgan fingerprint density at radius 3 is 2.47 bits per heavy atom. The van der Waals surface area contributed by atoms with E-state index >= 15 is 0 Å². The lowest BCUT2D eigenvalue weighted by molar-refractivity contribution is -0.154. The van der Waals surface area contributed by atoms with Crippen molar-refractivity contribution in [2.24, 2.45) is 5.41 Å². The maximum atomic E-state index is 11.4. The summed E-state index contributed by atoms with van der Waals surface area (Å²) in [7, 11) is 0. The van der Waals surface area contributed by atoms with Crippen LogP contribution in [-0.4, -0.2) is 30.1 Å². The maximum absolute atomic E-state index is 11.4. The summed E-state index contributed by atoms with van der Waals surface area (Å²) in [6, 6.07) is 0. The van der Waals surface area contributed by atoms with Crippen molar-refractivity contribution in [1.29, 1.82) is 0 Å². The minimum absolute atomic E-state index is 0.157. The zero-order valence-electron chi connectivity index (χ0n) is 9.66. The fraction of sp³-hybridized carbons (Fsp3) is 0.909. The zero-order valence-corrected chi connectivity index (χ0v) is 9.66. The van der Waals surface area contributed by atoms with E-state index in [-0.39, 0.29) is 18.0 Å². The van der Waals surface area contributed by atoms with E-state index in [1.807, 2.05) is 20.8 Å². The van der Waals surface area contributed by atoms with Crippen molar-refractivity contribution in [3.8, 4) is 0 Å². The van der Waals surface area contributed by atoms with E-state index < -0.39 is 12.4 Å². The highest BCUT2D eigenvalue weighted by Gasteiger charge is 2.41. The fourth-order valence-corrected chi connectivity index (χ4v) is 1.42. The number of unbranched alkanes of at least 4 members (excludes halogenated alkanes) is 1. The van der Waals surface area contributed by atoms with E-state index in [4.69, 9.17) is 14.6 Å². The third-order valence-corrected chi connectivity index (χ3v) is 2.36. The second-order valence-corrected chi connectivity index (χ2v) is 4.98. The molecular weight excluding hydrogens is 196 g/mol. The van der Waals surface area contributed by atoms with Gasteiger partial charge in [-0.3, -0.25) is 0 Å². The molecule has 0 amide bonds. The maximum Gasteiger partial charge on any atom is 0.337 e. The fourth-order valence-electron chi connectivity index (χ4n) is 1.42. The molecule has 0 aromatic rings. The van der Waals surface area contributed by atoms with Crippen LogP contribution in [0.4, 0.5) is 0 Å². The topological polar surface area (TPSA) is 55.8 Å². The van der Waals surface area contributed by atoms with Crippen LogP contribution in [0.25, 0.3) is 0 Å². The molecule has 1 N–H and O–H groups in total. The first kappa shape index (κ1) is 12.5. The molecule has 0 radical (unpaired) electrons. The average molecular weight is 216 g/mol. The van der Waals surface area contributed by atoms with Crippen molar-refractivity contribution in [2.45, 2.75) is 52.4 Å². The van der Waals surface area contributed by atoms with Gasteiger partial charge in [0.2, 0.25) is 6.29 Å². The van der Waals surface area contributed by atoms with Crippen molar-refractivity contribution in [3.05, 3.63) is 0 Å². The number of rotatable bonds is 4. The number of hydrogen-bond acceptors (Lipinski definition) is 4. The summed E-state index contributed by atoms with van der Waals surface area (Å²) in [4.78, 5) is 11.4. The molecule has 0 aromatic heterocycles. The summed E-state index contributed by atoms with van der Waals surface area (Å²) in [5.74, 6) is -0.270. The lowest BCUT2D eigenvalue weighted by Gasteiger charge is -2.24. The van der Waals surface area contributed by atoms with Gasteiger partial charge in [0.05, 0.1) is 0 Å². The Bertz CT molecular complexity index is 219. The van der Waals surface area contributed by atoms with Crippen LogP contribution in [0, 0.1) is 5.41 Å². The second kappa shape index (κ2) is 4.94. The highest BCUT2D eigenvalue weighted by molar-refractivity contribution is 5.76. The first-order valence-corrected chi connectivity index (χ1v) is 5.42. The lowest BCUT2D eigenvalue weighted by atomic mass is 9.96. The van der Waals surface area contributed by atoms with Crippen LogP contribution in [0.1, 0.15) is 40.0 Å². The number of ether oxygens (including phenoxy) is 2. The van der Waals surface area contributed by atoms with Gasteiger partial charge in [0.1, 0.15) is 0 Å². The summed E-state index contributed by atoms with van der Waals surface area (Å²) in [6.07, 6.45) is 1.23. The molecule has 4 nitrogen and oxygen atoms in total. The molecule has 0 aromatic carbocycles. The van der Waals surface area contributed by atoms with Gasteiger partial charge >= 0.3 is 5.97 Å². The average Bonchev–Trinajstić information content (AvgIpc) is 2.48. The number of cyclic esters (lactones) is 1. The molecule has 2 atom stereocenters. The lowest BCUT2D eigenvalue weighted by Crippen LogP contribution is -2.27. The summed E-state index contributed by atoms with van der Waals surface area (Å²) in [6.45, 7) is 6.08. The number of aliphatic hydroxyl groups is 1. The van der Waals surface area contributed by atoms with E-state index in [0.717, 1.165) is 6.42 Å². The smallest absolute Gasteiger partial charge is 0.337 e. The molecule has 4 heteroatoms. The molecule has 1 aliphatic rings. The molecule has 1 rings (SSSR count). The Labute approximate surface area is 90.6 Å². The predicted molar refractivity (Wildman–Crippen MR) is 55.1 cm³/mol. The summed E-state index contributed by atoms with van der Waals surface area (Å²) in [5.41, 5.74) is -0.179. The third kappa shape index (κ3) is 3.47. The Morgan fingerprint density at radius 1 is 1.33 bits per heavy atom. The Balaban J connectivity index is 2.39. The number of carbonyl (C=O) groups is 1. The van der Waals surface area contributed by atoms with Crippen LogP contribution in [0.5, 0.6) is 0 Å². The summed E-state index contributed by atoms with van der Waals surface area (Å²) < 4.78 is 10.7. The monoisotopic (exact) mass is 216 g/mol. The molecule has 15 heavy (non-hydrogen) atoms. The van der Waals surface area contributed by atoms with E-state index in [2.05, 4.69) is 0 Å². The van der Waals surface area contributed by atoms with E-state index in [9.17, 15) is 4.79 Å². The molecule has 1 heterocycles. The molecule has 1 aliphatic heterocycles. The highest BCUT2D eigenvalue weighted by atomic mass is 16.8. The van der Waals surface area contributed by atoms with Crippen molar-refractivity contribution in [3.63, 3.8) is 0 Å². The van der Waals surface area contributed by atoms with Gasteiger partial charge in [-0.15, -0.1) is 0 Å². The van der Waals surface area contributed by atoms with Crippen LogP contribution in [0.15, 0.2) is 0 Å². The normalized spacial score (nSPS) is 26.8. The minimum Gasteiger partial charge on any atom is -0.433 e. The van der Waals surface area contributed by atoms with Crippen LogP contribution < -0.4 is 0 Å². The third-order valence-electron chi connectivity index (χ3n) is 2.36. The van der Waals surface area contributed by atoms with Crippen LogP contribution in [-0.2, 0) is 14.3 Å². The van der Waals surface area contributed by atoms with Crippen molar-refractivity contribution < 1.29 is 19.4 Å². The summed E-state index contributed by atoms with van der Waals surface area (Å²) >= 11 is 0. The van der Waals surface area contributed by atoms with E-state index in [0.29, 0.717) is 12.8 Å². The van der Waals surface area contributed by atoms with Gasteiger partial charge < -0.3 is 14.6 Å². The molecule has 0 unspecified atom stereocenters. The molecule has 1 saturated heterocycles. The zero-order chi connectivity index (χ0) is 11.5. The Kier molecular flexibility index (Phi) is 4.11.